The molecule has 0 saturated carbocycles. The molecule has 1 aromatic carbocycles. The molecule has 0 atom stereocenters. The molecule has 0 unspecified atom stereocenters. The molecule has 2 amide bonds. The number of nitrogens with zero attached hydrogens (tertiary/aromatic N) is 3. The van der Waals surface area contributed by atoms with Gasteiger partial charge >= 0.3 is 0 Å². The first-order chi connectivity index (χ1) is 17.1. The summed E-state index contributed by atoms with van der Waals surface area (Å²) in [6, 6.07) is 2.90. The highest BCUT2D eigenvalue weighted by Gasteiger charge is 2.34. The van der Waals surface area contributed by atoms with Crippen LogP contribution in [0.3, 0.4) is 0 Å². The van der Waals surface area contributed by atoms with Crippen LogP contribution in [0.5, 0.6) is 5.75 Å². The molecule has 2 aromatic rings. The van der Waals surface area contributed by atoms with Gasteiger partial charge in [0.25, 0.3) is 11.8 Å². The molecule has 1 aliphatic heterocycles. The number of methoxy groups -OCH3 is 1. The zero-order valence-corrected chi connectivity index (χ0v) is 20.4. The lowest BCUT2D eigenvalue weighted by Gasteiger charge is -2.39. The van der Waals surface area contributed by atoms with Crippen molar-refractivity contribution in [1.29, 1.82) is 0 Å². The Morgan fingerprint density at radius 3 is 2.61 bits per heavy atom. The van der Waals surface area contributed by atoms with Crippen molar-refractivity contribution in [1.82, 2.24) is 14.9 Å². The second-order valence-corrected chi connectivity index (χ2v) is 8.54. The minimum atomic E-state index is -1.04. The lowest BCUT2D eigenvalue weighted by molar-refractivity contribution is 0.0561. The Bertz CT molecular complexity index is 1170. The van der Waals surface area contributed by atoms with Crippen LogP contribution in [0.1, 0.15) is 46.7 Å². The first-order valence-corrected chi connectivity index (χ1v) is 11.5. The number of carbonyl (C=O) groups is 2. The van der Waals surface area contributed by atoms with E-state index in [1.165, 1.54) is 28.9 Å². The first kappa shape index (κ1) is 27.1. The highest BCUT2D eigenvalue weighted by Crippen LogP contribution is 2.21. The van der Waals surface area contributed by atoms with E-state index in [2.05, 4.69) is 5.32 Å². The Morgan fingerprint density at radius 2 is 1.94 bits per heavy atom. The maximum absolute atomic E-state index is 13.9. The number of pyridine rings is 1. The molecule has 1 aromatic heterocycles. The van der Waals surface area contributed by atoms with Crippen LogP contribution < -0.4 is 15.8 Å². The van der Waals surface area contributed by atoms with Crippen molar-refractivity contribution in [3.63, 3.8) is 0 Å². The molecule has 1 aliphatic rings. The fourth-order valence-electron chi connectivity index (χ4n) is 3.71. The Hall–Kier alpha value is -3.51. The Balaban J connectivity index is 1.87. The third-order valence-corrected chi connectivity index (χ3v) is 5.57. The largest absolute Gasteiger partial charge is 0.502 e. The predicted octanol–water partition coefficient (Wildman–Crippen LogP) is 1.57. The molecule has 0 aliphatic carbocycles. The van der Waals surface area contributed by atoms with E-state index in [1.54, 1.807) is 5.01 Å². The standard InChI is InChI=1S/C24H30F2N4O6/c1-15(2)36-9-4-7-28-14-29(8-10-35-3)30-13-18(21(31)22(32)20(30)24(28)34)23(33)27-12-16-5-6-17(25)11-19(16)26/h5-6,11,13,15,32H,4,7-10,12,14H2,1-3H3,(H,27,33). The summed E-state index contributed by atoms with van der Waals surface area (Å²) < 4.78 is 39.0. The molecule has 12 heteroatoms. The van der Waals surface area contributed by atoms with Crippen LogP contribution in [0.4, 0.5) is 8.78 Å². The molecular formula is C24H30F2N4O6. The summed E-state index contributed by atoms with van der Waals surface area (Å²) in [5.41, 5.74) is -1.73. The van der Waals surface area contributed by atoms with Crippen molar-refractivity contribution < 1.29 is 33.0 Å². The highest BCUT2D eigenvalue weighted by atomic mass is 19.1. The monoisotopic (exact) mass is 508 g/mol. The fourth-order valence-corrected chi connectivity index (χ4v) is 3.71. The maximum atomic E-state index is 13.9. The summed E-state index contributed by atoms with van der Waals surface area (Å²) in [5, 5.41) is 14.7. The number of aromatic hydroxyl groups is 1. The summed E-state index contributed by atoms with van der Waals surface area (Å²) in [4.78, 5) is 40.2. The molecule has 0 bridgehead atoms. The van der Waals surface area contributed by atoms with Crippen molar-refractivity contribution >= 4 is 11.8 Å². The number of ether oxygens (including phenoxy) is 2. The molecule has 0 radical (unpaired) electrons. The molecule has 36 heavy (non-hydrogen) atoms. The van der Waals surface area contributed by atoms with Crippen LogP contribution >= 0.6 is 0 Å². The lowest BCUT2D eigenvalue weighted by Crippen LogP contribution is -2.55. The van der Waals surface area contributed by atoms with E-state index in [0.717, 1.165) is 6.07 Å². The first-order valence-electron chi connectivity index (χ1n) is 11.5. The topological polar surface area (TPSA) is 113 Å². The molecule has 2 heterocycles. The van der Waals surface area contributed by atoms with Gasteiger partial charge in [0, 0.05) is 44.6 Å². The van der Waals surface area contributed by atoms with E-state index in [0.29, 0.717) is 32.2 Å². The molecule has 196 valence electrons. The predicted molar refractivity (Wildman–Crippen MR) is 126 cm³/mol. The molecular weight excluding hydrogens is 478 g/mol. The van der Waals surface area contributed by atoms with E-state index in [-0.39, 0.29) is 37.2 Å². The summed E-state index contributed by atoms with van der Waals surface area (Å²) in [6.45, 7) is 4.95. The number of hydrogen-bond acceptors (Lipinski definition) is 7. The van der Waals surface area contributed by atoms with Gasteiger partial charge in [-0.3, -0.25) is 24.1 Å². The van der Waals surface area contributed by atoms with Gasteiger partial charge in [0.2, 0.25) is 5.43 Å². The van der Waals surface area contributed by atoms with E-state index < -0.39 is 40.2 Å². The van der Waals surface area contributed by atoms with Crippen molar-refractivity contribution in [3.05, 3.63) is 63.1 Å². The molecule has 2 N–H and O–H groups in total. The van der Waals surface area contributed by atoms with E-state index >= 15 is 0 Å². The molecule has 10 nitrogen and oxygen atoms in total. The number of carbonyl (C=O) groups excluding carboxylic acids is 2. The van der Waals surface area contributed by atoms with Crippen LogP contribution in [0, 0.1) is 11.6 Å². The highest BCUT2D eigenvalue weighted by molar-refractivity contribution is 5.99. The van der Waals surface area contributed by atoms with E-state index in [9.17, 15) is 28.3 Å². The van der Waals surface area contributed by atoms with Crippen LogP contribution in [0.2, 0.25) is 0 Å². The van der Waals surface area contributed by atoms with Crippen molar-refractivity contribution in [2.75, 3.05) is 45.1 Å². The fraction of sp³-hybridized carbons (Fsp3) is 0.458. The van der Waals surface area contributed by atoms with Crippen LogP contribution in [0.25, 0.3) is 0 Å². The number of amides is 2. The number of halogens is 2. The number of rotatable bonds is 11. The lowest BCUT2D eigenvalue weighted by atomic mass is 10.1. The van der Waals surface area contributed by atoms with Gasteiger partial charge in [-0.05, 0) is 26.3 Å². The minimum Gasteiger partial charge on any atom is -0.502 e. The van der Waals surface area contributed by atoms with Gasteiger partial charge in [0.05, 0.1) is 19.3 Å². The van der Waals surface area contributed by atoms with Crippen molar-refractivity contribution in [2.24, 2.45) is 0 Å². The van der Waals surface area contributed by atoms with Crippen LogP contribution in [0.15, 0.2) is 29.2 Å². The number of fused-ring (bicyclic) bond motifs is 1. The van der Waals surface area contributed by atoms with Crippen molar-refractivity contribution in [3.8, 4) is 5.75 Å². The summed E-state index contributed by atoms with van der Waals surface area (Å²) in [6.07, 6.45) is 1.77. The average Bonchev–Trinajstić information content (AvgIpc) is 2.83. The minimum absolute atomic E-state index is 0.0148. The normalized spacial score (nSPS) is 13.3. The Kier molecular flexibility index (Phi) is 8.99. The zero-order valence-electron chi connectivity index (χ0n) is 20.4. The summed E-state index contributed by atoms with van der Waals surface area (Å²) >= 11 is 0. The van der Waals surface area contributed by atoms with Gasteiger partial charge in [-0.25, -0.2) is 8.78 Å². The Morgan fingerprint density at radius 1 is 1.19 bits per heavy atom. The maximum Gasteiger partial charge on any atom is 0.277 e. The average molecular weight is 509 g/mol. The quantitative estimate of drug-likeness (QED) is 0.443. The van der Waals surface area contributed by atoms with Gasteiger partial charge in [-0.2, -0.15) is 0 Å². The van der Waals surface area contributed by atoms with E-state index in [1.807, 2.05) is 13.8 Å². The van der Waals surface area contributed by atoms with Gasteiger partial charge in [-0.1, -0.05) is 6.07 Å². The van der Waals surface area contributed by atoms with Gasteiger partial charge in [0.1, 0.15) is 23.9 Å². The number of hydrogen-bond donors (Lipinski definition) is 2. The third kappa shape index (κ3) is 6.18. The number of nitrogens with one attached hydrogen (secondary N) is 1. The smallest absolute Gasteiger partial charge is 0.277 e. The molecule has 0 spiro atoms. The SMILES string of the molecule is COCCN1CN(CCCOC(C)C)C(=O)c2c(O)c(=O)c(C(=O)NCc3ccc(F)cc3F)cn21. The summed E-state index contributed by atoms with van der Waals surface area (Å²) in [7, 11) is 1.51. The second-order valence-electron chi connectivity index (χ2n) is 8.54. The third-order valence-electron chi connectivity index (χ3n) is 5.57. The number of aromatic nitrogens is 1. The Labute approximate surface area is 207 Å². The van der Waals surface area contributed by atoms with Crippen LogP contribution in [-0.4, -0.2) is 72.7 Å². The van der Waals surface area contributed by atoms with E-state index in [4.69, 9.17) is 9.47 Å². The molecule has 3 rings (SSSR count). The van der Waals surface area contributed by atoms with Crippen molar-refractivity contribution in [2.45, 2.75) is 32.9 Å². The zero-order chi connectivity index (χ0) is 26.4. The van der Waals surface area contributed by atoms with Gasteiger partial charge in [0.15, 0.2) is 11.4 Å². The molecule has 0 fully saturated rings. The van der Waals surface area contributed by atoms with Gasteiger partial charge < -0.3 is 24.8 Å². The molecule has 0 saturated heterocycles. The van der Waals surface area contributed by atoms with Crippen LogP contribution in [-0.2, 0) is 16.0 Å². The number of benzene rings is 1. The summed E-state index contributed by atoms with van der Waals surface area (Å²) in [5.74, 6) is -3.94. The second kappa shape index (κ2) is 12.0. The van der Waals surface area contributed by atoms with Gasteiger partial charge in [-0.15, -0.1) is 0 Å².